The van der Waals surface area contributed by atoms with Crippen LogP contribution >= 0.6 is 0 Å². The van der Waals surface area contributed by atoms with Crippen molar-refractivity contribution in [1.82, 2.24) is 10.1 Å². The monoisotopic (exact) mass is 347 g/mol. The van der Waals surface area contributed by atoms with Gasteiger partial charge in [0, 0.05) is 25.1 Å². The van der Waals surface area contributed by atoms with Gasteiger partial charge >= 0.3 is 6.01 Å². The maximum absolute atomic E-state index is 11.1. The number of benzene rings is 1. The van der Waals surface area contributed by atoms with Crippen molar-refractivity contribution in [2.45, 2.75) is 38.2 Å². The second kappa shape index (κ2) is 6.92. The molecule has 0 atom stereocenters. The maximum Gasteiger partial charge on any atom is 0.324 e. The van der Waals surface area contributed by atoms with Gasteiger partial charge in [-0.3, -0.25) is 0 Å². The number of piperidine rings is 1. The molecule has 0 radical (unpaired) electrons. The molecule has 1 aromatic heterocycles. The smallest absolute Gasteiger partial charge is 0.324 e. The van der Waals surface area contributed by atoms with Crippen molar-refractivity contribution >= 4 is 6.01 Å². The fourth-order valence-corrected chi connectivity index (χ4v) is 3.02. The van der Waals surface area contributed by atoms with E-state index in [2.05, 4.69) is 10.1 Å². The Morgan fingerprint density at radius 3 is 2.20 bits per heavy atom. The van der Waals surface area contributed by atoms with Gasteiger partial charge in [-0.25, -0.2) is 0 Å². The van der Waals surface area contributed by atoms with Crippen LogP contribution in [-0.2, 0) is 5.60 Å². The number of ether oxygens (including phenoxy) is 2. The Morgan fingerprint density at radius 2 is 1.72 bits per heavy atom. The summed E-state index contributed by atoms with van der Waals surface area (Å²) in [6.45, 7) is 5.32. The van der Waals surface area contributed by atoms with E-state index in [1.54, 1.807) is 20.3 Å². The first kappa shape index (κ1) is 17.5. The van der Waals surface area contributed by atoms with Gasteiger partial charge in [-0.2, -0.15) is 4.98 Å². The van der Waals surface area contributed by atoms with Gasteiger partial charge < -0.3 is 24.0 Å². The van der Waals surface area contributed by atoms with Crippen molar-refractivity contribution in [3.63, 3.8) is 0 Å². The second-order valence-electron chi connectivity index (χ2n) is 6.71. The van der Waals surface area contributed by atoms with E-state index in [0.717, 1.165) is 5.56 Å². The minimum atomic E-state index is -0.931. The Labute approximate surface area is 147 Å². The number of methoxy groups -OCH3 is 2. The standard InChI is InChI=1S/C18H25N3O4/c1-12(2)16-19-17(25-20-16)21-7-5-18(22,6-8-21)13-9-14(23-3)11-15(10-13)24-4/h9-12,22H,5-8H2,1-4H3. The molecule has 1 fully saturated rings. The lowest BCUT2D eigenvalue weighted by Crippen LogP contribution is -2.42. The Bertz CT molecular complexity index is 699. The average molecular weight is 347 g/mol. The fraction of sp³-hybridized carbons (Fsp3) is 0.556. The maximum atomic E-state index is 11.1. The van der Waals surface area contributed by atoms with Crippen LogP contribution in [0.15, 0.2) is 22.7 Å². The molecule has 2 aromatic rings. The molecule has 7 nitrogen and oxygen atoms in total. The van der Waals surface area contributed by atoms with E-state index in [1.807, 2.05) is 30.9 Å². The lowest BCUT2D eigenvalue weighted by molar-refractivity contribution is 0.0105. The number of anilines is 1. The van der Waals surface area contributed by atoms with Crippen molar-refractivity contribution in [1.29, 1.82) is 0 Å². The molecule has 25 heavy (non-hydrogen) atoms. The largest absolute Gasteiger partial charge is 0.497 e. The Hall–Kier alpha value is -2.28. The molecule has 1 aliphatic heterocycles. The zero-order valence-corrected chi connectivity index (χ0v) is 15.2. The van der Waals surface area contributed by atoms with Crippen LogP contribution < -0.4 is 14.4 Å². The molecule has 1 aliphatic rings. The highest BCUT2D eigenvalue weighted by atomic mass is 16.5. The zero-order chi connectivity index (χ0) is 18.0. The highest BCUT2D eigenvalue weighted by Crippen LogP contribution is 2.37. The van der Waals surface area contributed by atoms with Gasteiger partial charge in [0.15, 0.2) is 5.82 Å². The Morgan fingerprint density at radius 1 is 1.12 bits per heavy atom. The van der Waals surface area contributed by atoms with Crippen LogP contribution in [-0.4, -0.2) is 42.6 Å². The fourth-order valence-electron chi connectivity index (χ4n) is 3.02. The molecule has 7 heteroatoms. The van der Waals surface area contributed by atoms with E-state index in [-0.39, 0.29) is 5.92 Å². The number of rotatable bonds is 5. The highest BCUT2D eigenvalue weighted by Gasteiger charge is 2.36. The lowest BCUT2D eigenvalue weighted by Gasteiger charge is -2.37. The first-order chi connectivity index (χ1) is 11.9. The average Bonchev–Trinajstić information content (AvgIpc) is 3.12. The van der Waals surface area contributed by atoms with Crippen molar-refractivity contribution in [2.75, 3.05) is 32.2 Å². The minimum Gasteiger partial charge on any atom is -0.497 e. The summed E-state index contributed by atoms with van der Waals surface area (Å²) in [5, 5.41) is 15.1. The molecule has 136 valence electrons. The Kier molecular flexibility index (Phi) is 4.85. The van der Waals surface area contributed by atoms with Gasteiger partial charge in [-0.15, -0.1) is 0 Å². The molecule has 1 saturated heterocycles. The summed E-state index contributed by atoms with van der Waals surface area (Å²) >= 11 is 0. The van der Waals surface area contributed by atoms with Crippen LogP contribution in [0.2, 0.25) is 0 Å². The van der Waals surface area contributed by atoms with Crippen molar-refractivity contribution in [3.8, 4) is 11.5 Å². The topological polar surface area (TPSA) is 80.9 Å². The quantitative estimate of drug-likeness (QED) is 0.890. The molecule has 0 unspecified atom stereocenters. The van der Waals surface area contributed by atoms with Gasteiger partial charge in [0.25, 0.3) is 0 Å². The molecule has 0 bridgehead atoms. The summed E-state index contributed by atoms with van der Waals surface area (Å²) in [6, 6.07) is 6.05. The molecule has 1 aromatic carbocycles. The predicted octanol–water partition coefficient (Wildman–Crippen LogP) is 2.70. The third kappa shape index (κ3) is 3.56. The van der Waals surface area contributed by atoms with E-state index in [4.69, 9.17) is 14.0 Å². The van der Waals surface area contributed by atoms with E-state index in [0.29, 0.717) is 49.3 Å². The number of nitrogens with zero attached hydrogens (tertiary/aromatic N) is 3. The van der Waals surface area contributed by atoms with Crippen LogP contribution in [0.4, 0.5) is 6.01 Å². The van der Waals surface area contributed by atoms with Gasteiger partial charge in [0.2, 0.25) is 0 Å². The SMILES string of the molecule is COc1cc(OC)cc(C2(O)CCN(c3nc(C(C)C)no3)CC2)c1. The number of aliphatic hydroxyl groups is 1. The van der Waals surface area contributed by atoms with Gasteiger partial charge in [0.05, 0.1) is 19.8 Å². The lowest BCUT2D eigenvalue weighted by atomic mass is 9.84. The van der Waals surface area contributed by atoms with Crippen molar-refractivity contribution in [3.05, 3.63) is 29.6 Å². The van der Waals surface area contributed by atoms with Crippen LogP contribution in [0.3, 0.4) is 0 Å². The van der Waals surface area contributed by atoms with Crippen LogP contribution in [0.5, 0.6) is 11.5 Å². The summed E-state index contributed by atoms with van der Waals surface area (Å²) in [5.41, 5.74) is -0.129. The first-order valence-electron chi connectivity index (χ1n) is 8.49. The molecule has 0 aliphatic carbocycles. The normalized spacial score (nSPS) is 17.0. The summed E-state index contributed by atoms with van der Waals surface area (Å²) in [7, 11) is 3.21. The molecule has 0 spiro atoms. The summed E-state index contributed by atoms with van der Waals surface area (Å²) in [4.78, 5) is 6.45. The number of hydrogen-bond acceptors (Lipinski definition) is 7. The highest BCUT2D eigenvalue weighted by molar-refractivity contribution is 5.42. The number of aromatic nitrogens is 2. The molecule has 3 rings (SSSR count). The van der Waals surface area contributed by atoms with E-state index in [1.165, 1.54) is 0 Å². The van der Waals surface area contributed by atoms with Gasteiger partial charge in [-0.1, -0.05) is 19.0 Å². The Balaban J connectivity index is 1.75. The van der Waals surface area contributed by atoms with Crippen LogP contribution in [0.1, 0.15) is 44.0 Å². The van der Waals surface area contributed by atoms with Crippen molar-refractivity contribution in [2.24, 2.45) is 0 Å². The zero-order valence-electron chi connectivity index (χ0n) is 15.2. The van der Waals surface area contributed by atoms with E-state index in [9.17, 15) is 5.11 Å². The summed E-state index contributed by atoms with van der Waals surface area (Å²) in [6.07, 6.45) is 1.12. The second-order valence-corrected chi connectivity index (χ2v) is 6.71. The first-order valence-corrected chi connectivity index (χ1v) is 8.49. The minimum absolute atomic E-state index is 0.225. The van der Waals surface area contributed by atoms with Crippen LogP contribution in [0.25, 0.3) is 0 Å². The van der Waals surface area contributed by atoms with Gasteiger partial charge in [0.1, 0.15) is 11.5 Å². The molecule has 1 N–H and O–H groups in total. The third-order valence-electron chi connectivity index (χ3n) is 4.70. The molecule has 2 heterocycles. The predicted molar refractivity (Wildman–Crippen MR) is 93.3 cm³/mol. The number of hydrogen-bond donors (Lipinski definition) is 1. The molecular weight excluding hydrogens is 322 g/mol. The van der Waals surface area contributed by atoms with E-state index >= 15 is 0 Å². The third-order valence-corrected chi connectivity index (χ3v) is 4.70. The molecule has 0 saturated carbocycles. The summed E-state index contributed by atoms with van der Waals surface area (Å²) < 4.78 is 16.0. The molecule has 0 amide bonds. The molecular formula is C18H25N3O4. The van der Waals surface area contributed by atoms with E-state index < -0.39 is 5.60 Å². The van der Waals surface area contributed by atoms with Gasteiger partial charge in [-0.05, 0) is 30.5 Å². The van der Waals surface area contributed by atoms with Crippen LogP contribution in [0, 0.1) is 0 Å². The summed E-state index contributed by atoms with van der Waals surface area (Å²) in [5.74, 6) is 2.27. The van der Waals surface area contributed by atoms with Crippen molar-refractivity contribution < 1.29 is 19.1 Å².